The lowest BCUT2D eigenvalue weighted by Gasteiger charge is -1.84. The first-order valence-corrected chi connectivity index (χ1v) is 1.50. The van der Waals surface area contributed by atoms with E-state index in [2.05, 4.69) is 0 Å². The number of hydrogen-bond acceptors (Lipinski definition) is 1. The zero-order chi connectivity index (χ0) is 4.28. The van der Waals surface area contributed by atoms with Gasteiger partial charge in [-0.25, -0.2) is 0 Å². The van der Waals surface area contributed by atoms with Gasteiger partial charge < -0.3 is 5.11 Å². The quantitative estimate of drug-likeness (QED) is 0.473. The molecule has 0 amide bonds. The van der Waals surface area contributed by atoms with E-state index in [9.17, 15) is 0 Å². The highest BCUT2D eigenvalue weighted by Gasteiger charge is 1.75. The Morgan fingerprint density at radius 1 is 2.00 bits per heavy atom. The third-order valence-corrected chi connectivity index (χ3v) is 0.279. The van der Waals surface area contributed by atoms with Gasteiger partial charge in [0.25, 0.3) is 0 Å². The summed E-state index contributed by atoms with van der Waals surface area (Å²) < 4.78 is 0. The number of aliphatic hydroxyl groups excluding tert-OH is 1. The van der Waals surface area contributed by atoms with Crippen LogP contribution in [0.25, 0.3) is 0 Å². The molecule has 0 aromatic heterocycles. The molecule has 0 aliphatic carbocycles. The molecular formula is C4H7O. The Morgan fingerprint density at radius 2 is 2.20 bits per heavy atom. The average Bonchev–Trinajstić information content (AvgIpc) is 1.38. The Hall–Kier alpha value is -0.300. The van der Waals surface area contributed by atoms with Gasteiger partial charge in [-0.15, -0.1) is 0 Å². The van der Waals surface area contributed by atoms with Crippen molar-refractivity contribution in [2.24, 2.45) is 0 Å². The normalized spacial score (nSPS) is 14.0. The van der Waals surface area contributed by atoms with Crippen LogP contribution in [0.2, 0.25) is 0 Å². The van der Waals surface area contributed by atoms with Crippen LogP contribution in [0.1, 0.15) is 6.92 Å². The molecule has 0 spiro atoms. The van der Waals surface area contributed by atoms with Crippen LogP contribution in [0.15, 0.2) is 6.08 Å². The molecule has 0 fully saturated rings. The molecule has 29 valence electrons. The molecule has 1 radical (unpaired) electrons. The summed E-state index contributed by atoms with van der Waals surface area (Å²) in [5.41, 5.74) is 0. The SMILES string of the molecule is [CH]=CC(C)O. The summed E-state index contributed by atoms with van der Waals surface area (Å²) in [6.45, 7) is 6.39. The van der Waals surface area contributed by atoms with Gasteiger partial charge in [-0.1, -0.05) is 12.7 Å². The van der Waals surface area contributed by atoms with Crippen molar-refractivity contribution in [3.8, 4) is 0 Å². The minimum absolute atomic E-state index is 0.463. The molecule has 1 nitrogen and oxygen atoms in total. The summed E-state index contributed by atoms with van der Waals surface area (Å²) in [7, 11) is 0. The van der Waals surface area contributed by atoms with Crippen molar-refractivity contribution in [3.63, 3.8) is 0 Å². The van der Waals surface area contributed by atoms with Crippen molar-refractivity contribution in [1.29, 1.82) is 0 Å². The maximum atomic E-state index is 8.18. The van der Waals surface area contributed by atoms with E-state index < -0.39 is 6.10 Å². The second-order valence-corrected chi connectivity index (χ2v) is 0.933. The largest absolute Gasteiger partial charge is 0.389 e. The van der Waals surface area contributed by atoms with Gasteiger partial charge in [0.2, 0.25) is 0 Å². The van der Waals surface area contributed by atoms with Gasteiger partial charge in [-0.05, 0) is 6.92 Å². The molecule has 1 atom stereocenters. The molecule has 1 heteroatoms. The minimum Gasteiger partial charge on any atom is -0.389 e. The Bertz CT molecular complexity index is 30.6. The Balaban J connectivity index is 2.83. The summed E-state index contributed by atoms with van der Waals surface area (Å²) in [6, 6.07) is 0. The monoisotopic (exact) mass is 71.0 g/mol. The van der Waals surface area contributed by atoms with E-state index in [0.29, 0.717) is 0 Å². The minimum atomic E-state index is -0.463. The van der Waals surface area contributed by atoms with Gasteiger partial charge in [0, 0.05) is 0 Å². The van der Waals surface area contributed by atoms with Crippen molar-refractivity contribution in [3.05, 3.63) is 12.7 Å². The Kier molecular flexibility index (Phi) is 1.85. The Labute approximate surface area is 31.9 Å². The van der Waals surface area contributed by atoms with Crippen molar-refractivity contribution < 1.29 is 5.11 Å². The first-order valence-electron chi connectivity index (χ1n) is 1.50. The first kappa shape index (κ1) is 4.70. The van der Waals surface area contributed by atoms with Crippen LogP contribution >= 0.6 is 0 Å². The summed E-state index contributed by atoms with van der Waals surface area (Å²) >= 11 is 0. The van der Waals surface area contributed by atoms with E-state index in [1.165, 1.54) is 6.08 Å². The zero-order valence-corrected chi connectivity index (χ0v) is 3.18. The molecule has 0 aliphatic rings. The van der Waals surface area contributed by atoms with Crippen LogP contribution in [0.3, 0.4) is 0 Å². The van der Waals surface area contributed by atoms with E-state index in [-0.39, 0.29) is 0 Å². The van der Waals surface area contributed by atoms with Gasteiger partial charge in [-0.2, -0.15) is 0 Å². The predicted molar refractivity (Wildman–Crippen MR) is 20.6 cm³/mol. The predicted octanol–water partition coefficient (Wildman–Crippen LogP) is 0.356. The second-order valence-electron chi connectivity index (χ2n) is 0.933. The van der Waals surface area contributed by atoms with Crippen LogP contribution in [0, 0.1) is 6.58 Å². The lowest BCUT2D eigenvalue weighted by Crippen LogP contribution is -1.88. The molecule has 0 heterocycles. The fourth-order valence-corrected chi connectivity index (χ4v) is 0. The third-order valence-electron chi connectivity index (χ3n) is 0.279. The van der Waals surface area contributed by atoms with Gasteiger partial charge in [0.15, 0.2) is 0 Å². The average molecular weight is 71.1 g/mol. The van der Waals surface area contributed by atoms with Crippen LogP contribution in [0.4, 0.5) is 0 Å². The highest BCUT2D eigenvalue weighted by atomic mass is 16.3. The first-order chi connectivity index (χ1) is 2.27. The van der Waals surface area contributed by atoms with Crippen LogP contribution in [-0.2, 0) is 0 Å². The molecule has 0 bridgehead atoms. The topological polar surface area (TPSA) is 20.2 Å². The molecule has 0 aromatic carbocycles. The molecule has 0 aliphatic heterocycles. The molecule has 1 unspecified atom stereocenters. The van der Waals surface area contributed by atoms with Crippen LogP contribution in [0.5, 0.6) is 0 Å². The fourth-order valence-electron chi connectivity index (χ4n) is 0. The summed E-state index contributed by atoms with van der Waals surface area (Å²) in [6.07, 6.45) is 0.759. The molecular weight excluding hydrogens is 64.0 g/mol. The number of aliphatic hydroxyl groups is 1. The summed E-state index contributed by atoms with van der Waals surface area (Å²) in [4.78, 5) is 0. The van der Waals surface area contributed by atoms with E-state index in [1.54, 1.807) is 6.92 Å². The summed E-state index contributed by atoms with van der Waals surface area (Å²) in [5.74, 6) is 0. The maximum absolute atomic E-state index is 8.18. The van der Waals surface area contributed by atoms with Crippen molar-refractivity contribution in [1.82, 2.24) is 0 Å². The number of hydrogen-bond donors (Lipinski definition) is 1. The lowest BCUT2D eigenvalue weighted by molar-refractivity contribution is 0.244. The van der Waals surface area contributed by atoms with E-state index in [1.807, 2.05) is 0 Å². The van der Waals surface area contributed by atoms with Crippen molar-refractivity contribution in [2.45, 2.75) is 13.0 Å². The second kappa shape index (κ2) is 1.97. The fraction of sp³-hybridized carbons (Fsp3) is 0.500. The molecule has 0 rings (SSSR count). The molecule has 0 saturated heterocycles. The maximum Gasteiger partial charge on any atom is 0.0695 e. The molecule has 0 saturated carbocycles. The summed E-state index contributed by atoms with van der Waals surface area (Å²) in [5, 5.41) is 8.18. The smallest absolute Gasteiger partial charge is 0.0695 e. The van der Waals surface area contributed by atoms with Crippen LogP contribution < -0.4 is 0 Å². The third kappa shape index (κ3) is 3.70. The highest BCUT2D eigenvalue weighted by molar-refractivity contribution is 4.68. The van der Waals surface area contributed by atoms with Gasteiger partial charge in [-0.3, -0.25) is 0 Å². The standard InChI is InChI=1S/C4H7O/c1-3-4(2)5/h1,3-5H,2H3. The van der Waals surface area contributed by atoms with Gasteiger partial charge in [0.1, 0.15) is 0 Å². The lowest BCUT2D eigenvalue weighted by atomic mass is 10.4. The van der Waals surface area contributed by atoms with Gasteiger partial charge in [0.05, 0.1) is 6.10 Å². The van der Waals surface area contributed by atoms with Crippen molar-refractivity contribution in [2.75, 3.05) is 0 Å². The van der Waals surface area contributed by atoms with E-state index in [0.717, 1.165) is 0 Å². The van der Waals surface area contributed by atoms with Crippen molar-refractivity contribution >= 4 is 0 Å². The molecule has 1 N–H and O–H groups in total. The van der Waals surface area contributed by atoms with Gasteiger partial charge >= 0.3 is 0 Å². The highest BCUT2D eigenvalue weighted by Crippen LogP contribution is 1.72. The van der Waals surface area contributed by atoms with Crippen LogP contribution in [-0.4, -0.2) is 11.2 Å². The zero-order valence-electron chi connectivity index (χ0n) is 3.18. The Morgan fingerprint density at radius 3 is 2.20 bits per heavy atom. The molecule has 0 aromatic rings. The van der Waals surface area contributed by atoms with E-state index in [4.69, 9.17) is 11.7 Å². The molecule has 5 heavy (non-hydrogen) atoms. The van der Waals surface area contributed by atoms with E-state index >= 15 is 0 Å². The number of rotatable bonds is 1.